The van der Waals surface area contributed by atoms with E-state index in [0.717, 1.165) is 25.0 Å². The van der Waals surface area contributed by atoms with Gasteiger partial charge in [0.2, 0.25) is 0 Å². The Hall–Kier alpha value is -3.08. The number of carbonyl (C=O) groups is 1. The van der Waals surface area contributed by atoms with E-state index in [2.05, 4.69) is 36.7 Å². The fraction of sp³-hybridized carbons (Fsp3) is 0.333. The summed E-state index contributed by atoms with van der Waals surface area (Å²) in [6, 6.07) is 8.28. The van der Waals surface area contributed by atoms with E-state index in [1.807, 2.05) is 24.9 Å². The summed E-state index contributed by atoms with van der Waals surface area (Å²) < 4.78 is 1.55. The van der Waals surface area contributed by atoms with Gasteiger partial charge < -0.3 is 14.5 Å². The van der Waals surface area contributed by atoms with Gasteiger partial charge in [0.15, 0.2) is 0 Å². The maximum atomic E-state index is 13.6. The average molecular weight is 389 g/mol. The van der Waals surface area contributed by atoms with Crippen molar-refractivity contribution in [1.82, 2.24) is 14.5 Å². The summed E-state index contributed by atoms with van der Waals surface area (Å²) in [5.74, 6) is -0.0637. The topological polar surface area (TPSA) is 58.1 Å². The van der Waals surface area contributed by atoms with Crippen molar-refractivity contribution in [3.8, 4) is 0 Å². The highest BCUT2D eigenvalue weighted by atomic mass is 16.2. The van der Waals surface area contributed by atoms with Gasteiger partial charge in [-0.1, -0.05) is 24.3 Å². The number of rotatable bonds is 4. The van der Waals surface area contributed by atoms with Crippen LogP contribution in [0.25, 0.3) is 10.9 Å². The molecular formula is C24H27N3O2. The predicted molar refractivity (Wildman–Crippen MR) is 116 cm³/mol. The average Bonchev–Trinajstić information content (AvgIpc) is 3.11. The molecule has 0 bridgehead atoms. The Balaban J connectivity index is 1.80. The summed E-state index contributed by atoms with van der Waals surface area (Å²) in [5, 5.41) is 0.685. The molecule has 150 valence electrons. The monoisotopic (exact) mass is 389 g/mol. The molecule has 2 heterocycles. The summed E-state index contributed by atoms with van der Waals surface area (Å²) >= 11 is 0. The first-order chi connectivity index (χ1) is 13.9. The number of nitrogens with one attached hydrogen (secondary N) is 1. The van der Waals surface area contributed by atoms with Gasteiger partial charge in [0.25, 0.3) is 11.5 Å². The summed E-state index contributed by atoms with van der Waals surface area (Å²) in [7, 11) is 1.87. The van der Waals surface area contributed by atoms with Gasteiger partial charge in [0.05, 0.1) is 11.6 Å². The van der Waals surface area contributed by atoms with Crippen molar-refractivity contribution >= 4 is 16.8 Å². The van der Waals surface area contributed by atoms with Gasteiger partial charge in [-0.25, -0.2) is 0 Å². The number of hydrogen-bond donors (Lipinski definition) is 1. The minimum absolute atomic E-state index is 0.0426. The fourth-order valence-corrected chi connectivity index (χ4v) is 4.58. The molecule has 4 rings (SSSR count). The first kappa shape index (κ1) is 19.2. The van der Waals surface area contributed by atoms with Crippen LogP contribution < -0.4 is 5.56 Å². The molecule has 0 spiro atoms. The lowest BCUT2D eigenvalue weighted by Gasteiger charge is -2.34. The number of amides is 1. The molecular weight excluding hydrogens is 362 g/mol. The lowest BCUT2D eigenvalue weighted by atomic mass is 9.84. The van der Waals surface area contributed by atoms with Crippen LogP contribution in [-0.2, 0) is 13.0 Å². The molecule has 1 aromatic carbocycles. The SMILES string of the molecule is C=CCn1cc(C(=O)N(C)C2CCCc3c(C)cccc32)c2cc(C)[nH]c2c1=O. The molecule has 2 aromatic heterocycles. The fourth-order valence-electron chi connectivity index (χ4n) is 4.58. The molecule has 0 radical (unpaired) electrons. The second-order valence-corrected chi connectivity index (χ2v) is 8.00. The zero-order chi connectivity index (χ0) is 20.7. The van der Waals surface area contributed by atoms with E-state index in [1.54, 1.807) is 16.8 Å². The number of aromatic amines is 1. The minimum atomic E-state index is -0.133. The Morgan fingerprint density at radius 3 is 2.93 bits per heavy atom. The van der Waals surface area contributed by atoms with Crippen LogP contribution >= 0.6 is 0 Å². The lowest BCUT2D eigenvalue weighted by molar-refractivity contribution is 0.0716. The summed E-state index contributed by atoms with van der Waals surface area (Å²) in [4.78, 5) is 31.3. The molecule has 1 atom stereocenters. The van der Waals surface area contributed by atoms with Gasteiger partial charge in [-0.05, 0) is 55.9 Å². The second kappa shape index (κ2) is 7.39. The highest BCUT2D eigenvalue weighted by molar-refractivity contribution is 6.06. The molecule has 29 heavy (non-hydrogen) atoms. The number of H-pyrrole nitrogens is 1. The van der Waals surface area contributed by atoms with E-state index < -0.39 is 0 Å². The Morgan fingerprint density at radius 2 is 2.17 bits per heavy atom. The van der Waals surface area contributed by atoms with Crippen molar-refractivity contribution in [2.24, 2.45) is 0 Å². The van der Waals surface area contributed by atoms with E-state index in [1.165, 1.54) is 16.7 Å². The Bertz CT molecular complexity index is 1170. The predicted octanol–water partition coefficient (Wildman–Crippen LogP) is 4.28. The minimum Gasteiger partial charge on any atom is -0.354 e. The van der Waals surface area contributed by atoms with Gasteiger partial charge in [-0.15, -0.1) is 6.58 Å². The van der Waals surface area contributed by atoms with E-state index in [-0.39, 0.29) is 17.5 Å². The number of hydrogen-bond acceptors (Lipinski definition) is 2. The number of allylic oxidation sites excluding steroid dienone is 1. The van der Waals surface area contributed by atoms with Crippen LogP contribution in [0.15, 0.2) is 47.9 Å². The van der Waals surface area contributed by atoms with Crippen LogP contribution in [0.5, 0.6) is 0 Å². The number of aromatic nitrogens is 2. The zero-order valence-corrected chi connectivity index (χ0v) is 17.3. The number of benzene rings is 1. The zero-order valence-electron chi connectivity index (χ0n) is 17.3. The van der Waals surface area contributed by atoms with Crippen LogP contribution in [-0.4, -0.2) is 27.4 Å². The third kappa shape index (κ3) is 3.20. The van der Waals surface area contributed by atoms with Gasteiger partial charge in [-0.2, -0.15) is 0 Å². The molecule has 0 saturated heterocycles. The van der Waals surface area contributed by atoms with Crippen molar-refractivity contribution in [3.63, 3.8) is 0 Å². The van der Waals surface area contributed by atoms with Gasteiger partial charge >= 0.3 is 0 Å². The molecule has 0 fully saturated rings. The molecule has 1 unspecified atom stereocenters. The van der Waals surface area contributed by atoms with Gasteiger partial charge in [-0.3, -0.25) is 9.59 Å². The first-order valence-electron chi connectivity index (χ1n) is 10.1. The molecule has 0 saturated carbocycles. The lowest BCUT2D eigenvalue weighted by Crippen LogP contribution is -2.34. The van der Waals surface area contributed by atoms with Crippen LogP contribution in [0.2, 0.25) is 0 Å². The van der Waals surface area contributed by atoms with E-state index in [4.69, 9.17) is 0 Å². The maximum Gasteiger partial charge on any atom is 0.275 e. The second-order valence-electron chi connectivity index (χ2n) is 8.00. The number of carbonyl (C=O) groups excluding carboxylic acids is 1. The molecule has 5 heteroatoms. The standard InChI is InChI=1S/C24H27N3O2/c1-5-12-27-14-20(19-13-16(3)25-22(19)24(27)29)23(28)26(4)21-11-7-9-17-15(2)8-6-10-18(17)21/h5-6,8,10,13-14,21,25H,1,7,9,11-12H2,2-4H3. The highest BCUT2D eigenvalue weighted by Crippen LogP contribution is 2.36. The van der Waals surface area contributed by atoms with Crippen molar-refractivity contribution < 1.29 is 4.79 Å². The Labute approximate surface area is 170 Å². The van der Waals surface area contributed by atoms with Gasteiger partial charge in [0, 0.05) is 30.9 Å². The first-order valence-corrected chi connectivity index (χ1v) is 10.1. The molecule has 1 amide bonds. The molecule has 1 N–H and O–H groups in total. The Kier molecular flexibility index (Phi) is 4.91. The van der Waals surface area contributed by atoms with Gasteiger partial charge in [0.1, 0.15) is 5.52 Å². The quantitative estimate of drug-likeness (QED) is 0.677. The smallest absolute Gasteiger partial charge is 0.275 e. The van der Waals surface area contributed by atoms with Crippen molar-refractivity contribution in [1.29, 1.82) is 0 Å². The maximum absolute atomic E-state index is 13.6. The van der Waals surface area contributed by atoms with E-state index in [9.17, 15) is 9.59 Å². The van der Waals surface area contributed by atoms with E-state index >= 15 is 0 Å². The highest BCUT2D eigenvalue weighted by Gasteiger charge is 2.29. The largest absolute Gasteiger partial charge is 0.354 e. The third-order valence-corrected chi connectivity index (χ3v) is 6.06. The van der Waals surface area contributed by atoms with Crippen molar-refractivity contribution in [2.75, 3.05) is 7.05 Å². The summed E-state index contributed by atoms with van der Waals surface area (Å²) in [5.41, 5.74) is 5.65. The molecule has 0 aliphatic heterocycles. The summed E-state index contributed by atoms with van der Waals surface area (Å²) in [6.45, 7) is 8.13. The van der Waals surface area contributed by atoms with Crippen LogP contribution in [0.4, 0.5) is 0 Å². The Morgan fingerprint density at radius 1 is 1.38 bits per heavy atom. The number of fused-ring (bicyclic) bond motifs is 2. The van der Waals surface area contributed by atoms with Crippen LogP contribution in [0.1, 0.15) is 51.6 Å². The third-order valence-electron chi connectivity index (χ3n) is 6.06. The van der Waals surface area contributed by atoms with E-state index in [0.29, 0.717) is 23.0 Å². The van der Waals surface area contributed by atoms with Crippen LogP contribution in [0.3, 0.4) is 0 Å². The van der Waals surface area contributed by atoms with Crippen molar-refractivity contribution in [3.05, 3.63) is 81.4 Å². The van der Waals surface area contributed by atoms with Crippen molar-refractivity contribution in [2.45, 2.75) is 45.7 Å². The molecule has 1 aliphatic carbocycles. The normalized spacial score (nSPS) is 15.9. The number of pyridine rings is 1. The molecule has 1 aliphatic rings. The van der Waals surface area contributed by atoms with Crippen LogP contribution in [0, 0.1) is 13.8 Å². The molecule has 5 nitrogen and oxygen atoms in total. The number of nitrogens with zero attached hydrogens (tertiary/aromatic N) is 2. The molecule has 3 aromatic rings. The number of aryl methyl sites for hydroxylation is 2. The summed E-state index contributed by atoms with van der Waals surface area (Å²) in [6.07, 6.45) is 6.42.